The zero-order valence-electron chi connectivity index (χ0n) is 9.86. The first kappa shape index (κ1) is 15.6. The number of nitrogens with one attached hydrogen (secondary N) is 1. The molecule has 18 heavy (non-hydrogen) atoms. The second-order valence-corrected chi connectivity index (χ2v) is 6.40. The second kappa shape index (κ2) is 5.29. The Hall–Kier alpha value is -0.420. The Morgan fingerprint density at radius 1 is 1.33 bits per heavy atom. The zero-order valence-corrected chi connectivity index (χ0v) is 10.7. The molecule has 1 saturated heterocycles. The van der Waals surface area contributed by atoms with Gasteiger partial charge in [-0.2, -0.15) is 21.6 Å². The average Bonchev–Trinajstić information content (AvgIpc) is 2.25. The molecule has 1 heterocycles. The van der Waals surface area contributed by atoms with Crippen molar-refractivity contribution in [2.75, 3.05) is 46.4 Å². The highest BCUT2D eigenvalue weighted by atomic mass is 32.2. The normalized spacial score (nSPS) is 22.7. The minimum atomic E-state index is -5.68. The number of sulfonamides is 1. The lowest BCUT2D eigenvalue weighted by molar-refractivity contribution is -0.930. The van der Waals surface area contributed by atoms with E-state index in [0.717, 1.165) is 0 Å². The molecule has 0 bridgehead atoms. The third-order valence-corrected chi connectivity index (χ3v) is 4.42. The molecule has 0 aromatic heterocycles. The van der Waals surface area contributed by atoms with Crippen LogP contribution in [0.15, 0.2) is 0 Å². The lowest BCUT2D eigenvalue weighted by Gasteiger charge is -2.38. The van der Waals surface area contributed by atoms with Crippen LogP contribution in [0.2, 0.25) is 0 Å². The van der Waals surface area contributed by atoms with E-state index in [0.29, 0.717) is 30.8 Å². The Balaban J connectivity index is 2.58. The van der Waals surface area contributed by atoms with Gasteiger partial charge in [0.15, 0.2) is 0 Å². The highest BCUT2D eigenvalue weighted by Crippen LogP contribution is 2.19. The Kier molecular flexibility index (Phi) is 4.60. The van der Waals surface area contributed by atoms with Crippen LogP contribution in [0.25, 0.3) is 0 Å². The molecule has 0 saturated carbocycles. The predicted molar refractivity (Wildman–Crippen MR) is 55.8 cm³/mol. The number of hydrogen-bond donors (Lipinski definition) is 1. The first-order chi connectivity index (χ1) is 8.08. The van der Waals surface area contributed by atoms with Gasteiger partial charge in [0.25, 0.3) is 0 Å². The van der Waals surface area contributed by atoms with Crippen LogP contribution in [0.4, 0.5) is 13.2 Å². The monoisotopic (exact) mass is 293 g/mol. The number of quaternary nitrogens is 2. The number of hydrogen-bond acceptors (Lipinski definition) is 4. The van der Waals surface area contributed by atoms with E-state index in [2.05, 4.69) is 0 Å². The van der Waals surface area contributed by atoms with E-state index in [1.165, 1.54) is 0 Å². The molecule has 108 valence electrons. The number of likely N-dealkylation sites (N-methyl/N-ethyl adjacent to an activating group) is 1. The van der Waals surface area contributed by atoms with E-state index in [-0.39, 0.29) is 6.54 Å². The largest absolute Gasteiger partial charge is 0.618 e. The van der Waals surface area contributed by atoms with Crippen molar-refractivity contribution < 1.29 is 35.3 Å². The van der Waals surface area contributed by atoms with Crippen molar-refractivity contribution in [2.45, 2.75) is 5.51 Å². The molecule has 1 atom stereocenters. The van der Waals surface area contributed by atoms with E-state index in [1.54, 1.807) is 7.05 Å². The van der Waals surface area contributed by atoms with E-state index in [4.69, 9.17) is 4.74 Å². The summed E-state index contributed by atoms with van der Waals surface area (Å²) in [4.78, 5) is 0. The smallest absolute Gasteiger partial charge is 0.549 e. The van der Waals surface area contributed by atoms with Crippen molar-refractivity contribution in [1.82, 2.24) is 0 Å². The number of halogens is 3. The van der Waals surface area contributed by atoms with Crippen LogP contribution in [0, 0.1) is 5.21 Å². The molecule has 0 aromatic rings. The van der Waals surface area contributed by atoms with Crippen molar-refractivity contribution in [3.8, 4) is 0 Å². The predicted octanol–water partition coefficient (Wildman–Crippen LogP) is -1.30. The van der Waals surface area contributed by atoms with Gasteiger partial charge in [-0.25, -0.2) is 0 Å². The maximum absolute atomic E-state index is 12.1. The molecule has 0 aromatic carbocycles. The fourth-order valence-corrected chi connectivity index (χ4v) is 2.25. The van der Waals surface area contributed by atoms with Crippen molar-refractivity contribution in [3.63, 3.8) is 0 Å². The first-order valence-electron chi connectivity index (χ1n) is 5.34. The Bertz CT molecular complexity index is 378. The summed E-state index contributed by atoms with van der Waals surface area (Å²) in [5.74, 6) is 0. The highest BCUT2D eigenvalue weighted by molar-refractivity contribution is 7.86. The maximum atomic E-state index is 12.1. The quantitative estimate of drug-likeness (QED) is 0.516. The van der Waals surface area contributed by atoms with Crippen molar-refractivity contribution >= 4 is 10.0 Å². The zero-order chi connectivity index (χ0) is 14.0. The molecule has 1 aliphatic heterocycles. The Labute approximate surface area is 103 Å². The minimum Gasteiger partial charge on any atom is -0.618 e. The number of alkyl halides is 3. The van der Waals surface area contributed by atoms with Crippen LogP contribution in [-0.2, 0) is 14.8 Å². The standard InChI is InChI=1S/C8H16F3N2O4S/c1-13(4-6-17-7-5-13)3-2-12(14)18(15,16)8(9,10)11/h12H,2-7H2,1H3/q+1. The van der Waals surface area contributed by atoms with Crippen LogP contribution >= 0.6 is 0 Å². The molecule has 0 spiro atoms. The van der Waals surface area contributed by atoms with E-state index < -0.39 is 26.5 Å². The number of rotatable bonds is 4. The van der Waals surface area contributed by atoms with E-state index >= 15 is 0 Å². The first-order valence-corrected chi connectivity index (χ1v) is 6.82. The fourth-order valence-electron chi connectivity index (χ4n) is 1.63. The number of nitrogens with zero attached hydrogens (tertiary/aromatic N) is 1. The summed E-state index contributed by atoms with van der Waals surface area (Å²) in [5.41, 5.74) is -5.51. The van der Waals surface area contributed by atoms with Crippen LogP contribution in [-0.4, -0.2) is 64.8 Å². The summed E-state index contributed by atoms with van der Waals surface area (Å²) >= 11 is 0. The van der Waals surface area contributed by atoms with E-state index in [1.807, 2.05) is 0 Å². The summed E-state index contributed by atoms with van der Waals surface area (Å²) in [5, 5.41) is 11.1. The topological polar surface area (TPSA) is 70.9 Å². The van der Waals surface area contributed by atoms with Crippen LogP contribution < -0.4 is 4.47 Å². The lowest BCUT2D eigenvalue weighted by Crippen LogP contribution is -3.11. The van der Waals surface area contributed by atoms with Gasteiger partial charge in [0.05, 0.1) is 20.3 Å². The summed E-state index contributed by atoms with van der Waals surface area (Å²) in [6, 6.07) is 0. The molecule has 0 amide bonds. The van der Waals surface area contributed by atoms with E-state index in [9.17, 15) is 26.8 Å². The molecule has 10 heteroatoms. The van der Waals surface area contributed by atoms with Gasteiger partial charge >= 0.3 is 15.5 Å². The lowest BCUT2D eigenvalue weighted by atomic mass is 10.3. The molecule has 1 N–H and O–H groups in total. The van der Waals surface area contributed by atoms with Crippen LogP contribution in [0.1, 0.15) is 0 Å². The highest BCUT2D eigenvalue weighted by Gasteiger charge is 2.51. The fraction of sp³-hybridized carbons (Fsp3) is 1.00. The van der Waals surface area contributed by atoms with Gasteiger partial charge < -0.3 is 14.4 Å². The summed E-state index contributed by atoms with van der Waals surface area (Å²) in [6.45, 7) is 1.46. The number of ether oxygens (including phenoxy) is 1. The third-order valence-electron chi connectivity index (χ3n) is 3.01. The Morgan fingerprint density at radius 3 is 2.28 bits per heavy atom. The van der Waals surface area contributed by atoms with Gasteiger partial charge in [0.1, 0.15) is 26.2 Å². The molecule has 0 aliphatic carbocycles. The molecule has 1 rings (SSSR count). The number of morpholine rings is 1. The molecule has 0 radical (unpaired) electrons. The molecular weight excluding hydrogens is 277 g/mol. The van der Waals surface area contributed by atoms with Gasteiger partial charge in [-0.1, -0.05) is 0 Å². The molecule has 1 aliphatic rings. The average molecular weight is 293 g/mol. The summed E-state index contributed by atoms with van der Waals surface area (Å²) in [7, 11) is -3.92. The molecular formula is C8H16F3N2O4S+. The van der Waals surface area contributed by atoms with Gasteiger partial charge in [0, 0.05) is 0 Å². The summed E-state index contributed by atoms with van der Waals surface area (Å²) in [6.07, 6.45) is 0. The van der Waals surface area contributed by atoms with Crippen molar-refractivity contribution in [3.05, 3.63) is 5.21 Å². The maximum Gasteiger partial charge on any atom is 0.549 e. The third kappa shape index (κ3) is 3.54. The summed E-state index contributed by atoms with van der Waals surface area (Å²) < 4.78 is 61.7. The van der Waals surface area contributed by atoms with Gasteiger partial charge in [-0.3, -0.25) is 4.47 Å². The van der Waals surface area contributed by atoms with Crippen LogP contribution in [0.3, 0.4) is 0 Å². The van der Waals surface area contributed by atoms with Crippen molar-refractivity contribution in [2.24, 2.45) is 0 Å². The minimum absolute atomic E-state index is 0.0670. The van der Waals surface area contributed by atoms with Gasteiger partial charge in [0.2, 0.25) is 0 Å². The number of hydroxylamine groups is 1. The van der Waals surface area contributed by atoms with Gasteiger partial charge in [-0.15, -0.1) is 0 Å². The molecule has 1 fully saturated rings. The second-order valence-electron chi connectivity index (χ2n) is 4.47. The van der Waals surface area contributed by atoms with Crippen molar-refractivity contribution in [1.29, 1.82) is 0 Å². The molecule has 1 unspecified atom stereocenters. The molecule has 6 nitrogen and oxygen atoms in total. The van der Waals surface area contributed by atoms with Gasteiger partial charge in [-0.05, 0) is 0 Å². The Morgan fingerprint density at radius 2 is 1.83 bits per heavy atom. The van der Waals surface area contributed by atoms with Crippen LogP contribution in [0.5, 0.6) is 0 Å². The SMILES string of the molecule is C[N+]1(CC[NH+]([O-])S(=O)(=O)C(F)(F)F)CCOCC1.